The van der Waals surface area contributed by atoms with Gasteiger partial charge in [-0.25, -0.2) is 13.2 Å². The molecule has 0 aromatic rings. The average molecular weight is 641 g/mol. The van der Waals surface area contributed by atoms with Crippen molar-refractivity contribution < 1.29 is 32.4 Å². The fourth-order valence-corrected chi connectivity index (χ4v) is 7.06. The molecule has 5 atom stereocenters. The zero-order valence-corrected chi connectivity index (χ0v) is 28.3. The zero-order valence-electron chi connectivity index (χ0n) is 27.5. The molecule has 250 valence electrons. The number of hydrogen-bond donors (Lipinski definition) is 4. The fourth-order valence-electron chi connectivity index (χ4n) is 5.52. The number of sulfonamides is 1. The van der Waals surface area contributed by atoms with E-state index in [9.17, 15) is 32.4 Å². The van der Waals surface area contributed by atoms with Gasteiger partial charge in [0.1, 0.15) is 12.1 Å². The number of likely N-dealkylation sites (tertiary alicyclic amines) is 1. The zero-order chi connectivity index (χ0) is 33.6. The van der Waals surface area contributed by atoms with Gasteiger partial charge in [-0.05, 0) is 30.1 Å². The monoisotopic (exact) mass is 640 g/mol. The topological polar surface area (TPSA) is 174 Å². The van der Waals surface area contributed by atoms with Crippen molar-refractivity contribution >= 4 is 39.6 Å². The van der Waals surface area contributed by atoms with E-state index in [0.717, 1.165) is 0 Å². The minimum Gasteiger partial charge on any atom is -0.353 e. The number of urea groups is 1. The molecule has 5 amide bonds. The van der Waals surface area contributed by atoms with Gasteiger partial charge in [-0.2, -0.15) is 4.31 Å². The summed E-state index contributed by atoms with van der Waals surface area (Å²) in [5.74, 6) is -2.97. The minimum absolute atomic E-state index is 0.0755. The van der Waals surface area contributed by atoms with Crippen LogP contribution in [0, 0.1) is 16.7 Å². The van der Waals surface area contributed by atoms with Crippen molar-refractivity contribution in [1.82, 2.24) is 30.5 Å². The van der Waals surface area contributed by atoms with Crippen molar-refractivity contribution in [3.8, 4) is 0 Å². The smallest absolute Gasteiger partial charge is 0.315 e. The Hall–Kier alpha value is -3.00. The maximum atomic E-state index is 14.1. The van der Waals surface area contributed by atoms with E-state index in [4.69, 9.17) is 0 Å². The molecule has 2 heterocycles. The second-order valence-corrected chi connectivity index (χ2v) is 15.9. The fraction of sp³-hybridized carbons (Fsp3) is 0.767. The van der Waals surface area contributed by atoms with E-state index in [0.29, 0.717) is 25.8 Å². The minimum atomic E-state index is -3.38. The molecule has 1 unspecified atom stereocenters. The Morgan fingerprint density at radius 2 is 1.61 bits per heavy atom. The predicted molar refractivity (Wildman–Crippen MR) is 168 cm³/mol. The van der Waals surface area contributed by atoms with Crippen molar-refractivity contribution in [1.29, 1.82) is 0 Å². The summed E-state index contributed by atoms with van der Waals surface area (Å²) in [6, 6.07) is -4.26. The molecular weight excluding hydrogens is 588 g/mol. The Labute approximate surface area is 262 Å². The van der Waals surface area contributed by atoms with Gasteiger partial charge in [0.05, 0.1) is 11.8 Å². The highest BCUT2D eigenvalue weighted by atomic mass is 32.2. The van der Waals surface area contributed by atoms with Crippen LogP contribution in [0.2, 0.25) is 0 Å². The molecule has 0 aromatic heterocycles. The van der Waals surface area contributed by atoms with Crippen LogP contribution in [0.15, 0.2) is 12.7 Å². The molecule has 0 aliphatic carbocycles. The lowest BCUT2D eigenvalue weighted by molar-refractivity contribution is -0.144. The van der Waals surface area contributed by atoms with E-state index in [1.807, 2.05) is 27.7 Å². The third-order valence-electron chi connectivity index (χ3n) is 8.29. The first kappa shape index (κ1) is 37.2. The summed E-state index contributed by atoms with van der Waals surface area (Å²) in [4.78, 5) is 67.2. The van der Waals surface area contributed by atoms with Gasteiger partial charge < -0.3 is 26.2 Å². The van der Waals surface area contributed by atoms with E-state index in [-0.39, 0.29) is 25.3 Å². The standard InChI is InChI=1S/C30H52N6O7S/c1-10-13-20(23(37)26(39)31-9)32-25(38)22-19(11-2)14-16-36(22)27(40)24(30(6,7)8)34-28(41)33-21(29(3,4)5)18-35-15-12-17-44(35,42)43/h11,19-22,24H,2,10,12-18H2,1,3-9H3,(H,31,39)(H,32,38)(H2,33,34,41)/t19-,20?,21+,22-,24+/m0/s1. The summed E-state index contributed by atoms with van der Waals surface area (Å²) < 4.78 is 26.3. The maximum Gasteiger partial charge on any atom is 0.315 e. The number of amides is 5. The lowest BCUT2D eigenvalue weighted by Crippen LogP contribution is -2.62. The van der Waals surface area contributed by atoms with Gasteiger partial charge in [0.25, 0.3) is 5.91 Å². The summed E-state index contributed by atoms with van der Waals surface area (Å²) in [6.45, 7) is 17.5. The molecule has 2 fully saturated rings. The van der Waals surface area contributed by atoms with Crippen LogP contribution < -0.4 is 21.3 Å². The van der Waals surface area contributed by atoms with Gasteiger partial charge in [-0.15, -0.1) is 6.58 Å². The van der Waals surface area contributed by atoms with Gasteiger partial charge in [0, 0.05) is 38.6 Å². The predicted octanol–water partition coefficient (Wildman–Crippen LogP) is 1.15. The number of likely N-dealkylation sites (N-methyl/N-ethyl adjacent to an activating group) is 1. The van der Waals surface area contributed by atoms with Crippen molar-refractivity contribution in [3.05, 3.63) is 12.7 Å². The van der Waals surface area contributed by atoms with Crippen molar-refractivity contribution in [2.24, 2.45) is 16.7 Å². The number of rotatable bonds is 12. The highest BCUT2D eigenvalue weighted by Crippen LogP contribution is 2.30. The number of Topliss-reactive ketones (excluding diaryl/α,β-unsaturated/α-hetero) is 1. The molecule has 0 radical (unpaired) electrons. The third kappa shape index (κ3) is 9.26. The summed E-state index contributed by atoms with van der Waals surface area (Å²) in [5, 5.41) is 10.7. The molecule has 44 heavy (non-hydrogen) atoms. The van der Waals surface area contributed by atoms with E-state index >= 15 is 0 Å². The largest absolute Gasteiger partial charge is 0.353 e. The lowest BCUT2D eigenvalue weighted by Gasteiger charge is -2.38. The molecule has 0 aromatic carbocycles. The van der Waals surface area contributed by atoms with Gasteiger partial charge >= 0.3 is 6.03 Å². The van der Waals surface area contributed by atoms with Crippen LogP contribution in [-0.4, -0.2) is 104 Å². The number of carbonyl (C=O) groups excluding carboxylic acids is 5. The number of nitrogens with one attached hydrogen (secondary N) is 4. The Kier molecular flexibility index (Phi) is 12.6. The second-order valence-electron chi connectivity index (χ2n) is 13.8. The van der Waals surface area contributed by atoms with Crippen molar-refractivity contribution in [3.63, 3.8) is 0 Å². The van der Waals surface area contributed by atoms with Crippen LogP contribution >= 0.6 is 0 Å². The molecule has 2 saturated heterocycles. The third-order valence-corrected chi connectivity index (χ3v) is 10.2. The van der Waals surface area contributed by atoms with Crippen LogP contribution in [0.4, 0.5) is 4.79 Å². The maximum absolute atomic E-state index is 14.1. The molecule has 14 heteroatoms. The van der Waals surface area contributed by atoms with E-state index < -0.39 is 80.5 Å². The average Bonchev–Trinajstić information content (AvgIpc) is 3.51. The van der Waals surface area contributed by atoms with Gasteiger partial charge in [-0.1, -0.05) is 61.0 Å². The second kappa shape index (κ2) is 14.9. The molecule has 0 bridgehead atoms. The first-order valence-corrected chi connectivity index (χ1v) is 16.9. The van der Waals surface area contributed by atoms with E-state index in [2.05, 4.69) is 27.8 Å². The van der Waals surface area contributed by atoms with E-state index in [1.165, 1.54) is 16.3 Å². The van der Waals surface area contributed by atoms with Crippen molar-refractivity contribution in [2.75, 3.05) is 32.4 Å². The van der Waals surface area contributed by atoms with Gasteiger partial charge in [0.15, 0.2) is 0 Å². The van der Waals surface area contributed by atoms with Gasteiger partial charge in [-0.3, -0.25) is 19.2 Å². The number of nitrogens with zero attached hydrogens (tertiary/aromatic N) is 2. The summed E-state index contributed by atoms with van der Waals surface area (Å²) in [6.07, 6.45) is 3.36. The summed E-state index contributed by atoms with van der Waals surface area (Å²) in [7, 11) is -2.05. The highest BCUT2D eigenvalue weighted by molar-refractivity contribution is 7.89. The van der Waals surface area contributed by atoms with Crippen LogP contribution in [-0.2, 0) is 29.2 Å². The van der Waals surface area contributed by atoms with Crippen molar-refractivity contribution in [2.45, 2.75) is 98.3 Å². The molecule has 0 spiro atoms. The Bertz CT molecular complexity index is 1210. The summed E-state index contributed by atoms with van der Waals surface area (Å²) >= 11 is 0. The Balaban J connectivity index is 2.29. The first-order valence-electron chi connectivity index (χ1n) is 15.3. The number of ketones is 1. The summed E-state index contributed by atoms with van der Waals surface area (Å²) in [5.41, 5.74) is -1.26. The first-order chi connectivity index (χ1) is 20.3. The highest BCUT2D eigenvalue weighted by Gasteiger charge is 2.46. The lowest BCUT2D eigenvalue weighted by atomic mass is 9.85. The number of hydrogen-bond acceptors (Lipinski definition) is 7. The molecule has 2 rings (SSSR count). The quantitative estimate of drug-likeness (QED) is 0.183. The Morgan fingerprint density at radius 1 is 0.977 bits per heavy atom. The Morgan fingerprint density at radius 3 is 2.09 bits per heavy atom. The van der Waals surface area contributed by atoms with Crippen LogP contribution in [0.25, 0.3) is 0 Å². The molecule has 13 nitrogen and oxygen atoms in total. The normalized spacial score (nSPS) is 22.4. The van der Waals surface area contributed by atoms with Crippen LogP contribution in [0.1, 0.15) is 74.1 Å². The van der Waals surface area contributed by atoms with Crippen LogP contribution in [0.5, 0.6) is 0 Å². The molecule has 2 aliphatic rings. The molecular formula is C30H52N6O7S. The SMILES string of the molecule is C=C[C@H]1CCN(C(=O)[C@@H](NC(=O)N[C@H](CN2CCCS2(=O)=O)C(C)(C)C)C(C)(C)C)[C@@H]1C(=O)NC(CCC)C(=O)C(=O)NC. The van der Waals surface area contributed by atoms with Crippen LogP contribution in [0.3, 0.4) is 0 Å². The van der Waals surface area contributed by atoms with Gasteiger partial charge in [0.2, 0.25) is 27.6 Å². The molecule has 2 aliphatic heterocycles. The van der Waals surface area contributed by atoms with E-state index in [1.54, 1.807) is 26.8 Å². The molecule has 4 N–H and O–H groups in total. The molecule has 0 saturated carbocycles. The number of carbonyl (C=O) groups is 5.